The smallest absolute Gasteiger partial charge is 0.357 e. The Labute approximate surface area is 84.6 Å². The maximum atomic E-state index is 11.4. The van der Waals surface area contributed by atoms with Gasteiger partial charge in [-0.3, -0.25) is 5.10 Å². The molecule has 80 valence electrons. The molecule has 1 aromatic heterocycles. The minimum Gasteiger partial charge on any atom is -0.476 e. The maximum absolute atomic E-state index is 11.4. The Balaban J connectivity index is 3.44. The summed E-state index contributed by atoms with van der Waals surface area (Å²) in [6, 6.07) is 0. The van der Waals surface area contributed by atoms with Crippen molar-refractivity contribution in [2.75, 3.05) is 0 Å². The number of aromatic carboxylic acids is 1. The molecular formula is C6H6N4O4S. The fourth-order valence-electron chi connectivity index (χ4n) is 1.00. The minimum atomic E-state index is -4.16. The van der Waals surface area contributed by atoms with Crippen molar-refractivity contribution in [1.82, 2.24) is 14.9 Å². The number of carboxylic acids is 1. The number of aryl methyl sites for hydroxylation is 1. The van der Waals surface area contributed by atoms with E-state index in [4.69, 9.17) is 10.4 Å². The third-order valence-electron chi connectivity index (χ3n) is 1.54. The second kappa shape index (κ2) is 3.58. The van der Waals surface area contributed by atoms with Crippen molar-refractivity contribution in [2.45, 2.75) is 11.8 Å². The van der Waals surface area contributed by atoms with E-state index in [2.05, 4.69) is 10.2 Å². The number of sulfonamides is 1. The lowest BCUT2D eigenvalue weighted by molar-refractivity contribution is 0.0686. The third kappa shape index (κ3) is 1.89. The molecule has 1 rings (SSSR count). The molecule has 1 aromatic rings. The fourth-order valence-corrected chi connectivity index (χ4v) is 2.06. The lowest BCUT2D eigenvalue weighted by Crippen LogP contribution is -2.21. The van der Waals surface area contributed by atoms with Crippen LogP contribution in [0.2, 0.25) is 0 Å². The van der Waals surface area contributed by atoms with Crippen LogP contribution in [0.4, 0.5) is 0 Å². The van der Waals surface area contributed by atoms with E-state index >= 15 is 0 Å². The monoisotopic (exact) mass is 230 g/mol. The molecule has 0 aliphatic rings. The van der Waals surface area contributed by atoms with Gasteiger partial charge in [-0.2, -0.15) is 10.4 Å². The van der Waals surface area contributed by atoms with Crippen LogP contribution >= 0.6 is 0 Å². The number of rotatable bonds is 3. The zero-order valence-corrected chi connectivity index (χ0v) is 8.29. The second-order valence-electron chi connectivity index (χ2n) is 2.55. The molecule has 0 spiro atoms. The molecule has 0 aromatic carbocycles. The van der Waals surface area contributed by atoms with Crippen molar-refractivity contribution in [3.05, 3.63) is 11.4 Å². The van der Waals surface area contributed by atoms with Crippen molar-refractivity contribution in [3.8, 4) is 6.19 Å². The number of nitrogens with one attached hydrogen (secondary N) is 2. The highest BCUT2D eigenvalue weighted by Crippen LogP contribution is 2.16. The van der Waals surface area contributed by atoms with Crippen LogP contribution < -0.4 is 4.72 Å². The van der Waals surface area contributed by atoms with Crippen LogP contribution in [-0.4, -0.2) is 29.7 Å². The molecule has 0 amide bonds. The summed E-state index contributed by atoms with van der Waals surface area (Å²) < 4.78 is 24.3. The lowest BCUT2D eigenvalue weighted by Gasteiger charge is -1.99. The average molecular weight is 230 g/mol. The first-order valence-electron chi connectivity index (χ1n) is 3.59. The Morgan fingerprint density at radius 2 is 2.27 bits per heavy atom. The van der Waals surface area contributed by atoms with Gasteiger partial charge in [0, 0.05) is 0 Å². The molecule has 0 saturated carbocycles. The molecule has 0 aliphatic heterocycles. The van der Waals surface area contributed by atoms with Gasteiger partial charge in [-0.1, -0.05) is 0 Å². The predicted molar refractivity (Wildman–Crippen MR) is 46.2 cm³/mol. The molecule has 0 atom stereocenters. The summed E-state index contributed by atoms with van der Waals surface area (Å²) in [5.41, 5.74) is -0.592. The molecular weight excluding hydrogens is 224 g/mol. The summed E-state index contributed by atoms with van der Waals surface area (Å²) >= 11 is 0. The Morgan fingerprint density at radius 1 is 1.67 bits per heavy atom. The van der Waals surface area contributed by atoms with E-state index in [1.807, 2.05) is 0 Å². The number of hydrogen-bond donors (Lipinski definition) is 3. The van der Waals surface area contributed by atoms with E-state index < -0.39 is 26.6 Å². The number of nitrogens with zero attached hydrogens (tertiary/aromatic N) is 2. The van der Waals surface area contributed by atoms with Gasteiger partial charge in [-0.15, -0.1) is 0 Å². The minimum absolute atomic E-state index is 0.0511. The molecule has 0 aliphatic carbocycles. The van der Waals surface area contributed by atoms with E-state index in [0.29, 0.717) is 0 Å². The van der Waals surface area contributed by atoms with E-state index in [-0.39, 0.29) is 5.69 Å². The third-order valence-corrected chi connectivity index (χ3v) is 2.94. The van der Waals surface area contributed by atoms with Crippen molar-refractivity contribution < 1.29 is 18.3 Å². The highest BCUT2D eigenvalue weighted by molar-refractivity contribution is 7.89. The van der Waals surface area contributed by atoms with Crippen molar-refractivity contribution in [2.24, 2.45) is 0 Å². The van der Waals surface area contributed by atoms with Gasteiger partial charge in [-0.25, -0.2) is 17.9 Å². The summed E-state index contributed by atoms with van der Waals surface area (Å²) in [4.78, 5) is 10.1. The Hall–Kier alpha value is -2.08. The quantitative estimate of drug-likeness (QED) is 0.458. The summed E-state index contributed by atoms with van der Waals surface area (Å²) in [7, 11) is -4.16. The van der Waals surface area contributed by atoms with Gasteiger partial charge in [0.1, 0.15) is 4.90 Å². The number of aromatic nitrogens is 2. The SMILES string of the molecule is Cc1[nH]nc(C(=O)O)c1S(=O)(=O)NC#N. The standard InChI is InChI=1S/C6H6N4O4S/c1-3-5(15(13,14)8-2-7)4(6(11)12)10-9-3/h8H,1H3,(H,9,10)(H,11,12). The Kier molecular flexibility index (Phi) is 2.63. The van der Waals surface area contributed by atoms with Gasteiger partial charge in [0.25, 0.3) is 10.0 Å². The first-order chi connectivity index (χ1) is 6.90. The van der Waals surface area contributed by atoms with Gasteiger partial charge in [0.15, 0.2) is 11.9 Å². The fraction of sp³-hybridized carbons (Fsp3) is 0.167. The highest BCUT2D eigenvalue weighted by Gasteiger charge is 2.27. The predicted octanol–water partition coefficient (Wildman–Crippen LogP) is -0.824. The molecule has 1 heterocycles. The van der Waals surface area contributed by atoms with Crippen LogP contribution in [0.5, 0.6) is 0 Å². The molecule has 0 bridgehead atoms. The number of hydrogen-bond acceptors (Lipinski definition) is 5. The van der Waals surface area contributed by atoms with Crippen molar-refractivity contribution in [1.29, 1.82) is 5.26 Å². The molecule has 0 unspecified atom stereocenters. The Morgan fingerprint density at radius 3 is 2.73 bits per heavy atom. The van der Waals surface area contributed by atoms with E-state index in [0.717, 1.165) is 0 Å². The van der Waals surface area contributed by atoms with Crippen LogP contribution in [0, 0.1) is 18.4 Å². The topological polar surface area (TPSA) is 136 Å². The number of carbonyl (C=O) groups is 1. The van der Waals surface area contributed by atoms with Crippen LogP contribution in [-0.2, 0) is 10.0 Å². The van der Waals surface area contributed by atoms with Crippen LogP contribution in [0.15, 0.2) is 4.90 Å². The second-order valence-corrected chi connectivity index (χ2v) is 4.17. The van der Waals surface area contributed by atoms with E-state index in [9.17, 15) is 13.2 Å². The average Bonchev–Trinajstić information content (AvgIpc) is 2.47. The van der Waals surface area contributed by atoms with Crippen LogP contribution in [0.25, 0.3) is 0 Å². The normalized spacial score (nSPS) is 10.7. The summed E-state index contributed by atoms with van der Waals surface area (Å²) in [6.45, 7) is 1.34. The molecule has 0 radical (unpaired) electrons. The van der Waals surface area contributed by atoms with Crippen molar-refractivity contribution >= 4 is 16.0 Å². The number of H-pyrrole nitrogens is 1. The van der Waals surface area contributed by atoms with Gasteiger partial charge < -0.3 is 5.11 Å². The molecule has 9 heteroatoms. The molecule has 0 saturated heterocycles. The maximum Gasteiger partial charge on any atom is 0.357 e. The van der Waals surface area contributed by atoms with E-state index in [1.54, 1.807) is 0 Å². The van der Waals surface area contributed by atoms with Crippen LogP contribution in [0.3, 0.4) is 0 Å². The number of aromatic amines is 1. The first-order valence-corrected chi connectivity index (χ1v) is 5.07. The zero-order chi connectivity index (χ0) is 11.6. The lowest BCUT2D eigenvalue weighted by atomic mass is 10.4. The summed E-state index contributed by atoms with van der Waals surface area (Å²) in [6.07, 6.45) is 1.22. The van der Waals surface area contributed by atoms with Crippen molar-refractivity contribution in [3.63, 3.8) is 0 Å². The van der Waals surface area contributed by atoms with Gasteiger partial charge in [0.2, 0.25) is 0 Å². The summed E-state index contributed by atoms with van der Waals surface area (Å²) in [5, 5.41) is 22.4. The van der Waals surface area contributed by atoms with E-state index in [1.165, 1.54) is 17.8 Å². The highest BCUT2D eigenvalue weighted by atomic mass is 32.2. The molecule has 15 heavy (non-hydrogen) atoms. The zero-order valence-electron chi connectivity index (χ0n) is 7.47. The molecule has 8 nitrogen and oxygen atoms in total. The Bertz CT molecular complexity index is 538. The van der Waals surface area contributed by atoms with Crippen LogP contribution in [0.1, 0.15) is 16.2 Å². The van der Waals surface area contributed by atoms with Gasteiger partial charge in [0.05, 0.1) is 5.69 Å². The summed E-state index contributed by atoms with van der Waals surface area (Å²) in [5.74, 6) is -1.49. The number of carboxylic acid groups (broad SMARTS) is 1. The first kappa shape index (κ1) is 11.0. The number of nitriles is 1. The van der Waals surface area contributed by atoms with Gasteiger partial charge >= 0.3 is 5.97 Å². The molecule has 0 fully saturated rings. The van der Waals surface area contributed by atoms with Gasteiger partial charge in [-0.05, 0) is 6.92 Å². The molecule has 3 N–H and O–H groups in total. The largest absolute Gasteiger partial charge is 0.476 e.